The maximum absolute atomic E-state index is 11.7. The molecule has 2 N–H and O–H groups in total. The summed E-state index contributed by atoms with van der Waals surface area (Å²) >= 11 is 0. The van der Waals surface area contributed by atoms with E-state index in [9.17, 15) is 18.0 Å². The molecule has 1 heterocycles. The number of nitrogens with one attached hydrogen (secondary N) is 2. The average molecular weight is 193 g/mol. The quantitative estimate of drug-likeness (QED) is 0.743. The van der Waals surface area contributed by atoms with Crippen LogP contribution in [0.15, 0.2) is 12.4 Å². The van der Waals surface area contributed by atoms with E-state index in [1.165, 1.54) is 12.4 Å². The Kier molecular flexibility index (Phi) is 2.54. The molecule has 1 rings (SSSR count). The third-order valence-corrected chi connectivity index (χ3v) is 1.14. The number of alkyl halides is 3. The molecule has 1 aromatic rings. The highest BCUT2D eigenvalue weighted by molar-refractivity contribution is 5.90. The fourth-order valence-electron chi connectivity index (χ4n) is 0.706. The number of carbonyl (C=O) groups is 1. The number of amides is 1. The highest BCUT2D eigenvalue weighted by Gasteiger charge is 2.31. The summed E-state index contributed by atoms with van der Waals surface area (Å²) in [6.45, 7) is 0. The third kappa shape index (κ3) is 3.59. The van der Waals surface area contributed by atoms with Gasteiger partial charge in [-0.2, -0.15) is 18.3 Å². The van der Waals surface area contributed by atoms with E-state index in [0.717, 1.165) is 0 Å². The molecule has 0 aliphatic rings. The molecule has 0 fully saturated rings. The first-order chi connectivity index (χ1) is 5.97. The van der Waals surface area contributed by atoms with Gasteiger partial charge in [-0.25, -0.2) is 0 Å². The Morgan fingerprint density at radius 1 is 1.62 bits per heavy atom. The standard InChI is InChI=1S/C6H6F3N3O/c7-6(8,9)1-5(13)12-4-2-10-11-3-4/h2-3H,1H2,(H,10,11)(H,12,13). The lowest BCUT2D eigenvalue weighted by Crippen LogP contribution is -2.20. The van der Waals surface area contributed by atoms with Crippen molar-refractivity contribution < 1.29 is 18.0 Å². The van der Waals surface area contributed by atoms with E-state index >= 15 is 0 Å². The predicted molar refractivity (Wildman–Crippen MR) is 37.9 cm³/mol. The number of halogens is 3. The number of rotatable bonds is 2. The number of aromatic nitrogens is 2. The SMILES string of the molecule is O=C(CC(F)(F)F)Nc1cn[nH]c1. The molecular formula is C6H6F3N3O. The molecular weight excluding hydrogens is 187 g/mol. The van der Waals surface area contributed by atoms with Gasteiger partial charge in [0.25, 0.3) is 0 Å². The van der Waals surface area contributed by atoms with Gasteiger partial charge in [0.05, 0.1) is 11.9 Å². The maximum Gasteiger partial charge on any atom is 0.397 e. The molecule has 7 heteroatoms. The first-order valence-electron chi connectivity index (χ1n) is 3.33. The molecule has 0 aliphatic carbocycles. The molecule has 1 aromatic heterocycles. The summed E-state index contributed by atoms with van der Waals surface area (Å²) in [6, 6.07) is 0. The van der Waals surface area contributed by atoms with Gasteiger partial charge < -0.3 is 5.32 Å². The van der Waals surface area contributed by atoms with Crippen LogP contribution in [0.1, 0.15) is 6.42 Å². The van der Waals surface area contributed by atoms with Crippen LogP contribution in [-0.4, -0.2) is 22.3 Å². The lowest BCUT2D eigenvalue weighted by molar-refractivity contribution is -0.150. The third-order valence-electron chi connectivity index (χ3n) is 1.14. The number of carbonyl (C=O) groups excluding carboxylic acids is 1. The summed E-state index contributed by atoms with van der Waals surface area (Å²) < 4.78 is 35.0. The molecule has 0 spiro atoms. The molecule has 0 saturated heterocycles. The average Bonchev–Trinajstić information content (AvgIpc) is 2.34. The summed E-state index contributed by atoms with van der Waals surface area (Å²) in [5, 5.41) is 7.83. The summed E-state index contributed by atoms with van der Waals surface area (Å²) in [4.78, 5) is 10.7. The highest BCUT2D eigenvalue weighted by Crippen LogP contribution is 2.19. The minimum atomic E-state index is -4.48. The second-order valence-electron chi connectivity index (χ2n) is 2.33. The monoisotopic (exact) mass is 193 g/mol. The Morgan fingerprint density at radius 3 is 2.77 bits per heavy atom. The van der Waals surface area contributed by atoms with Crippen LogP contribution in [0, 0.1) is 0 Å². The summed E-state index contributed by atoms with van der Waals surface area (Å²) in [6.07, 6.45) is -3.46. The van der Waals surface area contributed by atoms with Gasteiger partial charge in [0, 0.05) is 6.20 Å². The lowest BCUT2D eigenvalue weighted by Gasteiger charge is -2.05. The number of nitrogens with zero attached hydrogens (tertiary/aromatic N) is 1. The Hall–Kier alpha value is -1.53. The zero-order chi connectivity index (χ0) is 9.90. The van der Waals surface area contributed by atoms with Crippen LogP contribution in [0.5, 0.6) is 0 Å². The molecule has 0 bridgehead atoms. The second kappa shape index (κ2) is 3.46. The lowest BCUT2D eigenvalue weighted by atomic mass is 10.4. The zero-order valence-corrected chi connectivity index (χ0v) is 6.35. The minimum absolute atomic E-state index is 0.217. The molecule has 0 aromatic carbocycles. The molecule has 0 atom stereocenters. The Labute approximate surface area is 71.1 Å². The van der Waals surface area contributed by atoms with Crippen LogP contribution < -0.4 is 5.32 Å². The van der Waals surface area contributed by atoms with Gasteiger partial charge in [0.15, 0.2) is 0 Å². The Balaban J connectivity index is 2.43. The fraction of sp³-hybridized carbons (Fsp3) is 0.333. The van der Waals surface area contributed by atoms with Crippen molar-refractivity contribution in [3.8, 4) is 0 Å². The van der Waals surface area contributed by atoms with Crippen molar-refractivity contribution in [2.45, 2.75) is 12.6 Å². The van der Waals surface area contributed by atoms with Gasteiger partial charge in [-0.1, -0.05) is 0 Å². The van der Waals surface area contributed by atoms with Gasteiger partial charge in [0.1, 0.15) is 6.42 Å². The van der Waals surface area contributed by atoms with Gasteiger partial charge >= 0.3 is 6.18 Å². The largest absolute Gasteiger partial charge is 0.397 e. The first-order valence-corrected chi connectivity index (χ1v) is 3.33. The molecule has 0 aliphatic heterocycles. The molecule has 0 unspecified atom stereocenters. The predicted octanol–water partition coefficient (Wildman–Crippen LogP) is 1.30. The summed E-state index contributed by atoms with van der Waals surface area (Å²) in [7, 11) is 0. The van der Waals surface area contributed by atoms with E-state index in [1.807, 2.05) is 5.32 Å². The first kappa shape index (κ1) is 9.56. The number of hydrogen-bond donors (Lipinski definition) is 2. The second-order valence-corrected chi connectivity index (χ2v) is 2.33. The van der Waals surface area contributed by atoms with Gasteiger partial charge in [0.2, 0.25) is 5.91 Å². The normalized spacial score (nSPS) is 11.3. The van der Waals surface area contributed by atoms with E-state index in [0.29, 0.717) is 0 Å². The van der Waals surface area contributed by atoms with Crippen molar-refractivity contribution in [2.75, 3.05) is 5.32 Å². The number of H-pyrrole nitrogens is 1. The molecule has 0 saturated carbocycles. The van der Waals surface area contributed by atoms with Crippen molar-refractivity contribution in [2.24, 2.45) is 0 Å². The summed E-state index contributed by atoms with van der Waals surface area (Å²) in [5.41, 5.74) is 0.217. The van der Waals surface area contributed by atoms with E-state index in [4.69, 9.17) is 0 Å². The van der Waals surface area contributed by atoms with Crippen LogP contribution in [0.2, 0.25) is 0 Å². The van der Waals surface area contributed by atoms with E-state index in [-0.39, 0.29) is 5.69 Å². The van der Waals surface area contributed by atoms with Gasteiger partial charge in [-0.3, -0.25) is 9.89 Å². The molecule has 1 amide bonds. The van der Waals surface area contributed by atoms with Crippen molar-refractivity contribution in [1.29, 1.82) is 0 Å². The maximum atomic E-state index is 11.7. The Morgan fingerprint density at radius 2 is 2.31 bits per heavy atom. The van der Waals surface area contributed by atoms with Crippen molar-refractivity contribution in [1.82, 2.24) is 10.2 Å². The fourth-order valence-corrected chi connectivity index (χ4v) is 0.706. The minimum Gasteiger partial charge on any atom is -0.323 e. The van der Waals surface area contributed by atoms with E-state index in [2.05, 4.69) is 10.2 Å². The number of aromatic amines is 1. The van der Waals surface area contributed by atoms with Gasteiger partial charge in [-0.05, 0) is 0 Å². The number of anilines is 1. The van der Waals surface area contributed by atoms with Crippen molar-refractivity contribution >= 4 is 11.6 Å². The van der Waals surface area contributed by atoms with Crippen LogP contribution in [0.3, 0.4) is 0 Å². The van der Waals surface area contributed by atoms with E-state index in [1.54, 1.807) is 0 Å². The number of hydrogen-bond acceptors (Lipinski definition) is 2. The summed E-state index contributed by atoms with van der Waals surface area (Å²) in [5.74, 6) is -1.10. The molecule has 13 heavy (non-hydrogen) atoms. The molecule has 72 valence electrons. The molecule has 4 nitrogen and oxygen atoms in total. The van der Waals surface area contributed by atoms with E-state index < -0.39 is 18.5 Å². The van der Waals surface area contributed by atoms with Crippen LogP contribution in [-0.2, 0) is 4.79 Å². The molecule has 0 radical (unpaired) electrons. The van der Waals surface area contributed by atoms with Crippen LogP contribution in [0.25, 0.3) is 0 Å². The van der Waals surface area contributed by atoms with Crippen molar-refractivity contribution in [3.63, 3.8) is 0 Å². The van der Waals surface area contributed by atoms with Crippen LogP contribution in [0.4, 0.5) is 18.9 Å². The topological polar surface area (TPSA) is 57.8 Å². The van der Waals surface area contributed by atoms with Gasteiger partial charge in [-0.15, -0.1) is 0 Å². The van der Waals surface area contributed by atoms with Crippen molar-refractivity contribution in [3.05, 3.63) is 12.4 Å². The Bertz CT molecular complexity index is 280. The smallest absolute Gasteiger partial charge is 0.323 e. The highest BCUT2D eigenvalue weighted by atomic mass is 19.4. The zero-order valence-electron chi connectivity index (χ0n) is 6.35. The van der Waals surface area contributed by atoms with Crippen LogP contribution >= 0.6 is 0 Å².